The molecule has 2 unspecified atom stereocenters. The van der Waals surface area contributed by atoms with Crippen LogP contribution >= 0.6 is 8.25 Å². The van der Waals surface area contributed by atoms with Gasteiger partial charge in [-0.1, -0.05) is 70.8 Å². The first-order chi connectivity index (χ1) is 15.2. The van der Waals surface area contributed by atoms with Gasteiger partial charge in [0.1, 0.15) is 19.3 Å². The quantitative estimate of drug-likeness (QED) is 0.0815. The molecular formula is C24H49NO7P+. The summed E-state index contributed by atoms with van der Waals surface area (Å²) in [6, 6.07) is 0. The highest BCUT2D eigenvalue weighted by Crippen LogP contribution is 2.29. The van der Waals surface area contributed by atoms with Crippen LogP contribution in [0.5, 0.6) is 0 Å². The summed E-state index contributed by atoms with van der Waals surface area (Å²) >= 11 is 0. The van der Waals surface area contributed by atoms with E-state index in [9.17, 15) is 9.36 Å². The largest absolute Gasteiger partial charge is 0.870 e. The van der Waals surface area contributed by atoms with Gasteiger partial charge in [0.25, 0.3) is 0 Å². The van der Waals surface area contributed by atoms with Gasteiger partial charge in [0.2, 0.25) is 0 Å². The van der Waals surface area contributed by atoms with E-state index >= 15 is 0 Å². The molecule has 0 spiro atoms. The molecule has 33 heavy (non-hydrogen) atoms. The van der Waals surface area contributed by atoms with E-state index in [4.69, 9.17) is 18.9 Å². The van der Waals surface area contributed by atoms with Crippen LogP contribution in [0.3, 0.4) is 0 Å². The van der Waals surface area contributed by atoms with Crippen molar-refractivity contribution in [3.8, 4) is 0 Å². The molecule has 0 saturated heterocycles. The van der Waals surface area contributed by atoms with Crippen LogP contribution in [-0.4, -0.2) is 67.5 Å². The summed E-state index contributed by atoms with van der Waals surface area (Å²) in [5.41, 5.74) is 0. The number of carboxylic acid groups (broad SMARTS) is 1. The van der Waals surface area contributed by atoms with Crippen molar-refractivity contribution in [1.29, 1.82) is 0 Å². The van der Waals surface area contributed by atoms with Gasteiger partial charge in [-0.3, -0.25) is 4.79 Å². The fourth-order valence-electron chi connectivity index (χ4n) is 3.48. The fourth-order valence-corrected chi connectivity index (χ4v) is 4.21. The van der Waals surface area contributed by atoms with Crippen molar-refractivity contribution in [3.63, 3.8) is 0 Å². The molecule has 9 heteroatoms. The Morgan fingerprint density at radius 2 is 1.52 bits per heavy atom. The number of carboxylic acids is 1. The van der Waals surface area contributed by atoms with Crippen LogP contribution < -0.4 is 0 Å². The average Bonchev–Trinajstić information content (AvgIpc) is 2.69. The molecule has 0 amide bonds. The lowest BCUT2D eigenvalue weighted by Crippen LogP contribution is -2.42. The smallest absolute Gasteiger partial charge is 0.698 e. The first-order valence-electron chi connectivity index (χ1n) is 12.2. The zero-order valence-corrected chi connectivity index (χ0v) is 22.4. The van der Waals surface area contributed by atoms with Gasteiger partial charge in [0.05, 0.1) is 33.8 Å². The van der Waals surface area contributed by atoms with E-state index in [1.165, 1.54) is 51.4 Å². The summed E-state index contributed by atoms with van der Waals surface area (Å²) in [6.07, 6.45) is 15.9. The molecule has 0 aromatic carbocycles. The third-order valence-corrected chi connectivity index (χ3v) is 5.87. The van der Waals surface area contributed by atoms with Gasteiger partial charge < -0.3 is 19.8 Å². The molecule has 0 aliphatic heterocycles. The minimum atomic E-state index is -2.41. The Bertz CT molecular complexity index is 523. The Hall–Kier alpha value is -1.05. The minimum Gasteiger partial charge on any atom is -0.870 e. The van der Waals surface area contributed by atoms with E-state index in [0.717, 1.165) is 19.3 Å². The lowest BCUT2D eigenvalue weighted by Gasteiger charge is -2.25. The highest BCUT2D eigenvalue weighted by molar-refractivity contribution is 7.33. The summed E-state index contributed by atoms with van der Waals surface area (Å²) in [4.78, 5) is 11.1. The van der Waals surface area contributed by atoms with E-state index in [1.54, 1.807) is 6.26 Å². The van der Waals surface area contributed by atoms with Crippen molar-refractivity contribution in [2.75, 3.05) is 34.3 Å². The Labute approximate surface area is 202 Å². The second-order valence-electron chi connectivity index (χ2n) is 9.52. The second-order valence-corrected chi connectivity index (χ2v) is 10.4. The number of hydrogen-bond donors (Lipinski definition) is 1. The highest BCUT2D eigenvalue weighted by Gasteiger charge is 2.34. The molecule has 3 atom stereocenters. The summed E-state index contributed by atoms with van der Waals surface area (Å²) in [7, 11) is 3.38. The Morgan fingerprint density at radius 3 is 2.00 bits per heavy atom. The molecule has 8 nitrogen and oxygen atoms in total. The summed E-state index contributed by atoms with van der Waals surface area (Å²) in [6.45, 7) is 4.70. The molecule has 0 heterocycles. The number of carbonyl (C=O) groups is 1. The molecule has 0 aliphatic carbocycles. The molecule has 0 saturated carbocycles. The van der Waals surface area contributed by atoms with Crippen LogP contribution in [0.2, 0.25) is 0 Å². The van der Waals surface area contributed by atoms with Crippen molar-refractivity contribution in [2.24, 2.45) is 0 Å². The molecule has 0 fully saturated rings. The van der Waals surface area contributed by atoms with E-state index < -0.39 is 20.3 Å². The van der Waals surface area contributed by atoms with E-state index in [0.29, 0.717) is 11.0 Å². The van der Waals surface area contributed by atoms with Gasteiger partial charge in [-0.25, -0.2) is 0 Å². The maximum absolute atomic E-state index is 12.3. The molecule has 0 aromatic heterocycles. The normalized spacial score (nSPS) is 14.0. The molecule has 0 aliphatic rings. The maximum atomic E-state index is 12.3. The Balaban J connectivity index is 0. The number of allylic oxidation sites excluding steroid dienone is 1. The number of hydrogen-bond acceptors (Lipinski definition) is 6. The van der Waals surface area contributed by atoms with Crippen LogP contribution in [0.4, 0.5) is 0 Å². The number of rotatable bonds is 22. The number of likely N-dealkylation sites (N-methyl/N-ethyl adjacent to an activating group) is 1. The minimum absolute atomic E-state index is 0. The lowest BCUT2D eigenvalue weighted by molar-refractivity contribution is -0.873. The lowest BCUT2D eigenvalue weighted by atomic mass is 10.0. The van der Waals surface area contributed by atoms with Crippen molar-refractivity contribution in [1.82, 2.24) is 0 Å². The zero-order valence-electron chi connectivity index (χ0n) is 21.5. The molecule has 0 rings (SSSR count). The monoisotopic (exact) mass is 494 g/mol. The van der Waals surface area contributed by atoms with Crippen LogP contribution in [-0.2, 0) is 23.1 Å². The average molecular weight is 495 g/mol. The number of nitrogens with zero attached hydrogens (tertiary/aromatic N) is 1. The SMILES string of the molecule is CC=COC(CCCCCCCCCCCC)CO[P+](=O)O[C@H](CC(=O)O)C[N+](C)(C)C.[OH-]. The summed E-state index contributed by atoms with van der Waals surface area (Å²) in [5.74, 6) is -0.984. The third-order valence-electron chi connectivity index (χ3n) is 5.04. The van der Waals surface area contributed by atoms with Gasteiger partial charge >= 0.3 is 14.2 Å². The highest BCUT2D eigenvalue weighted by atomic mass is 31.1. The topological polar surface area (TPSA) is 112 Å². The third kappa shape index (κ3) is 23.9. The molecule has 2 N–H and O–H groups in total. The number of unbranched alkanes of at least 4 members (excludes halogenated alkanes) is 9. The summed E-state index contributed by atoms with van der Waals surface area (Å²) in [5, 5.41) is 9.08. The fraction of sp³-hybridized carbons (Fsp3) is 0.875. The van der Waals surface area contributed by atoms with Crippen LogP contribution in [0.25, 0.3) is 0 Å². The first-order valence-corrected chi connectivity index (χ1v) is 13.3. The van der Waals surface area contributed by atoms with Crippen LogP contribution in [0.15, 0.2) is 12.3 Å². The second kappa shape index (κ2) is 21.5. The number of quaternary nitrogens is 1. The van der Waals surface area contributed by atoms with Crippen molar-refractivity contribution < 1.29 is 38.2 Å². The molecule has 0 aromatic rings. The Morgan fingerprint density at radius 1 is 0.970 bits per heavy atom. The van der Waals surface area contributed by atoms with Crippen molar-refractivity contribution in [3.05, 3.63) is 12.3 Å². The van der Waals surface area contributed by atoms with Gasteiger partial charge in [0, 0.05) is 4.57 Å². The van der Waals surface area contributed by atoms with Crippen LogP contribution in [0.1, 0.15) is 90.9 Å². The van der Waals surface area contributed by atoms with E-state index in [-0.39, 0.29) is 24.6 Å². The first kappa shape index (κ1) is 34.1. The van der Waals surface area contributed by atoms with E-state index in [1.807, 2.05) is 34.1 Å². The van der Waals surface area contributed by atoms with Crippen molar-refractivity contribution >= 4 is 14.2 Å². The molecule has 0 bridgehead atoms. The number of ether oxygens (including phenoxy) is 1. The number of aliphatic carboxylic acids is 1. The summed E-state index contributed by atoms with van der Waals surface area (Å²) < 4.78 is 29.3. The van der Waals surface area contributed by atoms with Crippen molar-refractivity contribution in [2.45, 2.75) is 103 Å². The zero-order chi connectivity index (χ0) is 24.2. The van der Waals surface area contributed by atoms with Gasteiger partial charge in [0.15, 0.2) is 6.10 Å². The van der Waals surface area contributed by atoms with E-state index in [2.05, 4.69) is 6.92 Å². The van der Waals surface area contributed by atoms with Gasteiger partial charge in [-0.05, 0) is 19.8 Å². The van der Waals surface area contributed by atoms with Gasteiger partial charge in [-0.15, -0.1) is 9.05 Å². The van der Waals surface area contributed by atoms with Gasteiger partial charge in [-0.2, -0.15) is 0 Å². The molecule has 196 valence electrons. The molecular weight excluding hydrogens is 445 g/mol. The Kier molecular flexibility index (Phi) is 22.2. The standard InChI is InChI=1S/C24H47NO6P.H2O/c1-6-8-9-10-11-12-13-14-15-16-17-22(29-18-7-2)21-30-32(28)31-23(19-24(26)27)20-25(3,4)5;/h7,18,22-23H,6,8-17,19-21H2,1-5H3;1H2/q+1;/t22?,23-;/m1./s1. The van der Waals surface area contributed by atoms with Crippen LogP contribution in [0, 0.1) is 0 Å². The maximum Gasteiger partial charge on any atom is 0.698 e. The predicted molar refractivity (Wildman–Crippen MR) is 132 cm³/mol. The predicted octanol–water partition coefficient (Wildman–Crippen LogP) is 6.28. The molecule has 0 radical (unpaired) electrons.